The Kier molecular flexibility index (Phi) is 8.10. The molecule has 7 nitrogen and oxygen atoms in total. The van der Waals surface area contributed by atoms with Crippen LogP contribution in [0.3, 0.4) is 0 Å². The second-order valence-electron chi connectivity index (χ2n) is 5.62. The molecule has 2 aromatic rings. The van der Waals surface area contributed by atoms with E-state index in [-0.39, 0.29) is 12.8 Å². The summed E-state index contributed by atoms with van der Waals surface area (Å²) in [6.07, 6.45) is -0.268. The number of ether oxygens (including phenoxy) is 2. The summed E-state index contributed by atoms with van der Waals surface area (Å²) in [6, 6.07) is 11.4. The predicted octanol–water partition coefficient (Wildman–Crippen LogP) is 3.90. The SMILES string of the molecule is COc1cccc(NC(=O)COC(=O)CCC(=O)Nc2ccc(Cl)c(Cl)c2)c1. The van der Waals surface area contributed by atoms with Crippen molar-refractivity contribution in [3.8, 4) is 5.75 Å². The number of carbonyl (C=O) groups is 3. The Morgan fingerprint density at radius 2 is 1.61 bits per heavy atom. The van der Waals surface area contributed by atoms with Gasteiger partial charge in [-0.3, -0.25) is 14.4 Å². The molecule has 0 radical (unpaired) electrons. The molecule has 0 unspecified atom stereocenters. The third-order valence-electron chi connectivity index (χ3n) is 3.48. The van der Waals surface area contributed by atoms with Gasteiger partial charge in [-0.15, -0.1) is 0 Å². The Morgan fingerprint density at radius 3 is 2.32 bits per heavy atom. The number of rotatable bonds is 8. The molecule has 9 heteroatoms. The van der Waals surface area contributed by atoms with E-state index in [0.29, 0.717) is 27.2 Å². The molecule has 0 fully saturated rings. The second kappa shape index (κ2) is 10.5. The maximum Gasteiger partial charge on any atom is 0.306 e. The fraction of sp³-hybridized carbons (Fsp3) is 0.211. The first-order valence-electron chi connectivity index (χ1n) is 8.22. The van der Waals surface area contributed by atoms with Crippen LogP contribution in [0.2, 0.25) is 10.0 Å². The van der Waals surface area contributed by atoms with Crippen molar-refractivity contribution < 1.29 is 23.9 Å². The number of methoxy groups -OCH3 is 1. The summed E-state index contributed by atoms with van der Waals surface area (Å²) in [5.41, 5.74) is 0.979. The van der Waals surface area contributed by atoms with Crippen LogP contribution in [0.25, 0.3) is 0 Å². The first kappa shape index (κ1) is 21.5. The van der Waals surface area contributed by atoms with Crippen LogP contribution in [0.5, 0.6) is 5.75 Å². The summed E-state index contributed by atoms with van der Waals surface area (Å²) in [6.45, 7) is -0.454. The molecule has 0 atom stereocenters. The monoisotopic (exact) mass is 424 g/mol. The molecule has 2 rings (SSSR count). The first-order valence-corrected chi connectivity index (χ1v) is 8.97. The van der Waals surface area contributed by atoms with Crippen molar-refractivity contribution in [1.82, 2.24) is 0 Å². The first-order chi connectivity index (χ1) is 13.4. The van der Waals surface area contributed by atoms with Gasteiger partial charge in [0, 0.05) is 23.9 Å². The summed E-state index contributed by atoms with van der Waals surface area (Å²) in [7, 11) is 1.51. The molecule has 0 spiro atoms. The van der Waals surface area contributed by atoms with E-state index in [1.54, 1.807) is 36.4 Å². The van der Waals surface area contributed by atoms with Gasteiger partial charge in [-0.2, -0.15) is 0 Å². The fourth-order valence-electron chi connectivity index (χ4n) is 2.13. The smallest absolute Gasteiger partial charge is 0.306 e. The predicted molar refractivity (Wildman–Crippen MR) is 107 cm³/mol. The van der Waals surface area contributed by atoms with Gasteiger partial charge in [-0.1, -0.05) is 29.3 Å². The van der Waals surface area contributed by atoms with Gasteiger partial charge in [0.1, 0.15) is 5.75 Å². The summed E-state index contributed by atoms with van der Waals surface area (Å²) >= 11 is 11.7. The van der Waals surface area contributed by atoms with Crippen molar-refractivity contribution in [2.45, 2.75) is 12.8 Å². The maximum atomic E-state index is 11.9. The van der Waals surface area contributed by atoms with Crippen molar-refractivity contribution in [2.24, 2.45) is 0 Å². The number of halogens is 2. The highest BCUT2D eigenvalue weighted by Gasteiger charge is 2.11. The molecule has 0 aliphatic heterocycles. The highest BCUT2D eigenvalue weighted by atomic mass is 35.5. The molecule has 0 heterocycles. The Balaban J connectivity index is 1.70. The molecule has 148 valence electrons. The lowest BCUT2D eigenvalue weighted by molar-refractivity contribution is -0.147. The highest BCUT2D eigenvalue weighted by molar-refractivity contribution is 6.42. The third-order valence-corrected chi connectivity index (χ3v) is 4.22. The van der Waals surface area contributed by atoms with E-state index in [4.69, 9.17) is 32.7 Å². The van der Waals surface area contributed by atoms with Gasteiger partial charge in [-0.25, -0.2) is 0 Å². The number of esters is 1. The molecule has 0 aliphatic carbocycles. The van der Waals surface area contributed by atoms with E-state index in [0.717, 1.165) is 0 Å². The Hall–Kier alpha value is -2.77. The molecular formula is C19H18Cl2N2O5. The number of benzene rings is 2. The van der Waals surface area contributed by atoms with E-state index >= 15 is 0 Å². The average molecular weight is 425 g/mol. The number of nitrogens with one attached hydrogen (secondary N) is 2. The van der Waals surface area contributed by atoms with Gasteiger partial charge in [0.05, 0.1) is 23.6 Å². The topological polar surface area (TPSA) is 93.7 Å². The van der Waals surface area contributed by atoms with E-state index < -0.39 is 24.4 Å². The minimum absolute atomic E-state index is 0.101. The maximum absolute atomic E-state index is 11.9. The quantitative estimate of drug-likeness (QED) is 0.626. The van der Waals surface area contributed by atoms with Gasteiger partial charge in [0.15, 0.2) is 6.61 Å². The second-order valence-corrected chi connectivity index (χ2v) is 6.43. The normalized spacial score (nSPS) is 10.1. The Bertz CT molecular complexity index is 873. The molecule has 0 aliphatic rings. The number of hydrogen-bond acceptors (Lipinski definition) is 5. The van der Waals surface area contributed by atoms with E-state index in [2.05, 4.69) is 10.6 Å². The van der Waals surface area contributed by atoms with Crippen molar-refractivity contribution in [1.29, 1.82) is 0 Å². The van der Waals surface area contributed by atoms with Crippen LogP contribution in [0.1, 0.15) is 12.8 Å². The van der Waals surface area contributed by atoms with Gasteiger partial charge in [-0.05, 0) is 30.3 Å². The summed E-state index contributed by atoms with van der Waals surface area (Å²) < 4.78 is 9.92. The van der Waals surface area contributed by atoms with Gasteiger partial charge >= 0.3 is 5.97 Å². The van der Waals surface area contributed by atoms with E-state index in [1.165, 1.54) is 13.2 Å². The number of amides is 2. The molecular weight excluding hydrogens is 407 g/mol. The van der Waals surface area contributed by atoms with Crippen molar-refractivity contribution in [2.75, 3.05) is 24.4 Å². The Labute approximate surface area is 171 Å². The lowest BCUT2D eigenvalue weighted by atomic mass is 10.2. The minimum Gasteiger partial charge on any atom is -0.497 e. The minimum atomic E-state index is -0.662. The fourth-order valence-corrected chi connectivity index (χ4v) is 2.43. The van der Waals surface area contributed by atoms with Crippen molar-refractivity contribution >= 4 is 52.4 Å². The van der Waals surface area contributed by atoms with Crippen LogP contribution in [-0.2, 0) is 19.1 Å². The standard InChI is InChI=1S/C19H18Cl2N2O5/c1-27-14-4-2-3-12(9-14)23-18(25)11-28-19(26)8-7-17(24)22-13-5-6-15(20)16(21)10-13/h2-6,9-10H,7-8,11H2,1H3,(H,22,24)(H,23,25). The van der Waals surface area contributed by atoms with Crippen LogP contribution >= 0.6 is 23.2 Å². The molecule has 0 saturated heterocycles. The van der Waals surface area contributed by atoms with Crippen LogP contribution in [-0.4, -0.2) is 31.5 Å². The summed E-state index contributed by atoms with van der Waals surface area (Å²) in [5, 5.41) is 5.85. The van der Waals surface area contributed by atoms with Crippen LogP contribution in [0.4, 0.5) is 11.4 Å². The lowest BCUT2D eigenvalue weighted by Gasteiger charge is -2.08. The number of hydrogen-bond donors (Lipinski definition) is 2. The van der Waals surface area contributed by atoms with Gasteiger partial charge < -0.3 is 20.1 Å². The zero-order valence-electron chi connectivity index (χ0n) is 15.0. The van der Waals surface area contributed by atoms with Gasteiger partial charge in [0.25, 0.3) is 5.91 Å². The molecule has 0 bridgehead atoms. The molecule has 2 N–H and O–H groups in total. The molecule has 28 heavy (non-hydrogen) atoms. The van der Waals surface area contributed by atoms with Crippen molar-refractivity contribution in [3.63, 3.8) is 0 Å². The average Bonchev–Trinajstić information content (AvgIpc) is 2.67. The van der Waals surface area contributed by atoms with E-state index in [1.807, 2.05) is 0 Å². The van der Waals surface area contributed by atoms with Gasteiger partial charge in [0.2, 0.25) is 5.91 Å². The summed E-state index contributed by atoms with van der Waals surface area (Å²) in [4.78, 5) is 35.4. The zero-order valence-corrected chi connectivity index (χ0v) is 16.5. The van der Waals surface area contributed by atoms with Crippen LogP contribution in [0.15, 0.2) is 42.5 Å². The van der Waals surface area contributed by atoms with Crippen LogP contribution in [0, 0.1) is 0 Å². The number of carbonyl (C=O) groups excluding carboxylic acids is 3. The molecule has 2 aromatic carbocycles. The Morgan fingerprint density at radius 1 is 0.893 bits per heavy atom. The highest BCUT2D eigenvalue weighted by Crippen LogP contribution is 2.25. The largest absolute Gasteiger partial charge is 0.497 e. The molecule has 0 saturated carbocycles. The number of anilines is 2. The third kappa shape index (κ3) is 7.09. The zero-order chi connectivity index (χ0) is 20.5. The lowest BCUT2D eigenvalue weighted by Crippen LogP contribution is -2.21. The van der Waals surface area contributed by atoms with E-state index in [9.17, 15) is 14.4 Å². The van der Waals surface area contributed by atoms with Crippen LogP contribution < -0.4 is 15.4 Å². The summed E-state index contributed by atoms with van der Waals surface area (Å²) in [5.74, 6) is -0.967. The van der Waals surface area contributed by atoms with Crippen molar-refractivity contribution in [3.05, 3.63) is 52.5 Å². The molecule has 2 amide bonds. The molecule has 0 aromatic heterocycles.